The van der Waals surface area contributed by atoms with Gasteiger partial charge in [-0.2, -0.15) is 0 Å². The zero-order valence-corrected chi connectivity index (χ0v) is 12.4. The summed E-state index contributed by atoms with van der Waals surface area (Å²) in [6.07, 6.45) is 1.75. The minimum Gasteiger partial charge on any atom is -0.490 e. The number of benzene rings is 1. The van der Waals surface area contributed by atoms with E-state index in [1.165, 1.54) is 0 Å². The average molecular weight is 293 g/mol. The van der Waals surface area contributed by atoms with E-state index >= 15 is 0 Å². The molecule has 0 bridgehead atoms. The molecule has 1 heterocycles. The van der Waals surface area contributed by atoms with E-state index in [2.05, 4.69) is 10.3 Å². The first-order valence-corrected chi connectivity index (χ1v) is 7.34. The molecule has 6 heteroatoms. The van der Waals surface area contributed by atoms with Crippen LogP contribution in [0.25, 0.3) is 0 Å². The normalized spacial score (nSPS) is 14.6. The second kappa shape index (κ2) is 8.36. The largest absolute Gasteiger partial charge is 0.490 e. The molecule has 0 amide bonds. The van der Waals surface area contributed by atoms with Crippen LogP contribution in [-0.2, 0) is 4.74 Å². The third-order valence-electron chi connectivity index (χ3n) is 2.95. The van der Waals surface area contributed by atoms with Gasteiger partial charge >= 0.3 is 0 Å². The summed E-state index contributed by atoms with van der Waals surface area (Å²) >= 11 is 0. The number of aliphatic imine (C=N–C) groups is 1. The Bertz CT molecular complexity index is 477. The fourth-order valence-corrected chi connectivity index (χ4v) is 1.94. The van der Waals surface area contributed by atoms with Gasteiger partial charge in [-0.3, -0.25) is 4.99 Å². The maximum absolute atomic E-state index is 5.85. The Hall–Kier alpha value is -1.95. The van der Waals surface area contributed by atoms with Gasteiger partial charge in [0.2, 0.25) is 0 Å². The second-order valence-electron chi connectivity index (χ2n) is 4.65. The number of nitrogens with two attached hydrogens (primary N) is 1. The Morgan fingerprint density at radius 3 is 2.95 bits per heavy atom. The van der Waals surface area contributed by atoms with Crippen LogP contribution in [0.3, 0.4) is 0 Å². The molecule has 116 valence electrons. The summed E-state index contributed by atoms with van der Waals surface area (Å²) in [6, 6.07) is 5.66. The van der Waals surface area contributed by atoms with Gasteiger partial charge in [0.1, 0.15) is 0 Å². The lowest BCUT2D eigenvalue weighted by Crippen LogP contribution is -2.23. The molecule has 0 saturated heterocycles. The van der Waals surface area contributed by atoms with Crippen molar-refractivity contribution in [1.29, 1.82) is 0 Å². The topological polar surface area (TPSA) is 78.1 Å². The number of hydrogen-bond acceptors (Lipinski definition) is 4. The van der Waals surface area contributed by atoms with Gasteiger partial charge in [-0.1, -0.05) is 0 Å². The van der Waals surface area contributed by atoms with E-state index in [0.717, 1.165) is 36.6 Å². The minimum atomic E-state index is 0.390. The SMILES string of the molecule is CCOCCCN=C(N)Nc1ccc2c(c1)OCCCO2. The highest BCUT2D eigenvalue weighted by atomic mass is 16.5. The van der Waals surface area contributed by atoms with E-state index in [4.69, 9.17) is 19.9 Å². The van der Waals surface area contributed by atoms with Gasteiger partial charge in [-0.05, 0) is 25.5 Å². The molecule has 0 radical (unpaired) electrons. The molecule has 3 N–H and O–H groups in total. The lowest BCUT2D eigenvalue weighted by Gasteiger charge is -2.10. The molecular formula is C15H23N3O3. The van der Waals surface area contributed by atoms with E-state index in [0.29, 0.717) is 32.3 Å². The van der Waals surface area contributed by atoms with Crippen LogP contribution in [0.2, 0.25) is 0 Å². The number of guanidine groups is 1. The van der Waals surface area contributed by atoms with E-state index in [1.54, 1.807) is 0 Å². The third kappa shape index (κ3) is 5.15. The van der Waals surface area contributed by atoms with Gasteiger partial charge in [0, 0.05) is 37.9 Å². The van der Waals surface area contributed by atoms with Gasteiger partial charge in [-0.15, -0.1) is 0 Å². The first kappa shape index (κ1) is 15.4. The summed E-state index contributed by atoms with van der Waals surface area (Å²) in [5.41, 5.74) is 6.69. The van der Waals surface area contributed by atoms with Crippen molar-refractivity contribution in [2.75, 3.05) is 38.3 Å². The van der Waals surface area contributed by atoms with E-state index < -0.39 is 0 Å². The molecule has 6 nitrogen and oxygen atoms in total. The second-order valence-corrected chi connectivity index (χ2v) is 4.65. The molecule has 1 aliphatic heterocycles. The molecule has 2 rings (SSSR count). The van der Waals surface area contributed by atoms with E-state index in [1.807, 2.05) is 25.1 Å². The Balaban J connectivity index is 1.87. The van der Waals surface area contributed by atoms with Crippen molar-refractivity contribution >= 4 is 11.6 Å². The number of ether oxygens (including phenoxy) is 3. The van der Waals surface area contributed by atoms with E-state index in [9.17, 15) is 0 Å². The molecule has 0 saturated carbocycles. The molecule has 0 atom stereocenters. The van der Waals surface area contributed by atoms with Gasteiger partial charge in [0.25, 0.3) is 0 Å². The number of nitrogens with one attached hydrogen (secondary N) is 1. The predicted octanol–water partition coefficient (Wildman–Crippen LogP) is 2.00. The zero-order chi connectivity index (χ0) is 14.9. The Kier molecular flexibility index (Phi) is 6.15. The van der Waals surface area contributed by atoms with E-state index in [-0.39, 0.29) is 0 Å². The molecular weight excluding hydrogens is 270 g/mol. The van der Waals surface area contributed by atoms with Gasteiger partial charge in [0.05, 0.1) is 13.2 Å². The predicted molar refractivity (Wildman–Crippen MR) is 83.3 cm³/mol. The fraction of sp³-hybridized carbons (Fsp3) is 0.533. The first-order chi connectivity index (χ1) is 10.3. The standard InChI is InChI=1S/C15H23N3O3/c1-2-19-8-3-7-17-15(16)18-12-5-6-13-14(11-12)21-10-4-9-20-13/h5-6,11H,2-4,7-10H2,1H3,(H3,16,17,18). The van der Waals surface area contributed by atoms with Crippen LogP contribution in [0, 0.1) is 0 Å². The first-order valence-electron chi connectivity index (χ1n) is 7.34. The summed E-state index contributed by atoms with van der Waals surface area (Å²) in [4.78, 5) is 4.25. The van der Waals surface area contributed by atoms with Crippen molar-refractivity contribution in [2.24, 2.45) is 10.7 Å². The smallest absolute Gasteiger partial charge is 0.193 e. The van der Waals surface area contributed by atoms with Crippen molar-refractivity contribution in [3.8, 4) is 11.5 Å². The number of hydrogen-bond donors (Lipinski definition) is 2. The van der Waals surface area contributed by atoms with Crippen molar-refractivity contribution in [2.45, 2.75) is 19.8 Å². The van der Waals surface area contributed by atoms with Gasteiger partial charge in [0.15, 0.2) is 17.5 Å². The van der Waals surface area contributed by atoms with Crippen LogP contribution in [0.4, 0.5) is 5.69 Å². The fourth-order valence-electron chi connectivity index (χ4n) is 1.94. The lowest BCUT2D eigenvalue weighted by atomic mass is 10.3. The Labute approximate surface area is 125 Å². The molecule has 0 spiro atoms. The summed E-state index contributed by atoms with van der Waals surface area (Å²) < 4.78 is 16.5. The van der Waals surface area contributed by atoms with Crippen molar-refractivity contribution < 1.29 is 14.2 Å². The van der Waals surface area contributed by atoms with Crippen LogP contribution in [0.15, 0.2) is 23.2 Å². The summed E-state index contributed by atoms with van der Waals surface area (Å²) in [5, 5.41) is 3.05. The van der Waals surface area contributed by atoms with Crippen molar-refractivity contribution in [3.05, 3.63) is 18.2 Å². The van der Waals surface area contributed by atoms with Crippen LogP contribution < -0.4 is 20.5 Å². The highest BCUT2D eigenvalue weighted by molar-refractivity contribution is 5.92. The highest BCUT2D eigenvalue weighted by Crippen LogP contribution is 2.32. The highest BCUT2D eigenvalue weighted by Gasteiger charge is 2.10. The lowest BCUT2D eigenvalue weighted by molar-refractivity contribution is 0.146. The number of fused-ring (bicyclic) bond motifs is 1. The average Bonchev–Trinajstić information content (AvgIpc) is 2.72. The third-order valence-corrected chi connectivity index (χ3v) is 2.95. The quantitative estimate of drug-likeness (QED) is 0.476. The molecule has 1 aromatic rings. The Morgan fingerprint density at radius 1 is 1.33 bits per heavy atom. The van der Waals surface area contributed by atoms with Crippen LogP contribution in [0.5, 0.6) is 11.5 Å². The summed E-state index contributed by atoms with van der Waals surface area (Å²) in [6.45, 7) is 5.40. The van der Waals surface area contributed by atoms with Gasteiger partial charge < -0.3 is 25.3 Å². The molecule has 1 aromatic carbocycles. The summed E-state index contributed by atoms with van der Waals surface area (Å²) in [7, 11) is 0. The zero-order valence-electron chi connectivity index (χ0n) is 12.4. The number of anilines is 1. The maximum Gasteiger partial charge on any atom is 0.193 e. The minimum absolute atomic E-state index is 0.390. The molecule has 0 unspecified atom stereocenters. The monoisotopic (exact) mass is 293 g/mol. The number of rotatable bonds is 6. The van der Waals surface area contributed by atoms with Crippen LogP contribution >= 0.6 is 0 Å². The van der Waals surface area contributed by atoms with Crippen molar-refractivity contribution in [1.82, 2.24) is 0 Å². The molecule has 1 aliphatic rings. The molecule has 0 aliphatic carbocycles. The molecule has 21 heavy (non-hydrogen) atoms. The number of nitrogens with zero attached hydrogens (tertiary/aromatic N) is 1. The van der Waals surface area contributed by atoms with Gasteiger partial charge in [-0.25, -0.2) is 0 Å². The Morgan fingerprint density at radius 2 is 2.14 bits per heavy atom. The van der Waals surface area contributed by atoms with Crippen molar-refractivity contribution in [3.63, 3.8) is 0 Å². The van der Waals surface area contributed by atoms with Crippen LogP contribution in [-0.4, -0.2) is 38.9 Å². The van der Waals surface area contributed by atoms with Crippen LogP contribution in [0.1, 0.15) is 19.8 Å². The molecule has 0 fully saturated rings. The summed E-state index contributed by atoms with van der Waals surface area (Å²) in [5.74, 6) is 1.90. The maximum atomic E-state index is 5.85. The molecule has 0 aromatic heterocycles.